The van der Waals surface area contributed by atoms with Crippen LogP contribution < -0.4 is 4.72 Å². The van der Waals surface area contributed by atoms with Gasteiger partial charge in [0.05, 0.1) is 5.75 Å². The van der Waals surface area contributed by atoms with Crippen LogP contribution in [0.25, 0.3) is 11.4 Å². The Morgan fingerprint density at radius 3 is 2.53 bits per heavy atom. The highest BCUT2D eigenvalue weighted by molar-refractivity contribution is 7.92. The quantitative estimate of drug-likeness (QED) is 0.870. The van der Waals surface area contributed by atoms with E-state index in [1.165, 1.54) is 0 Å². The minimum Gasteiger partial charge on any atom is -0.345 e. The zero-order valence-electron chi connectivity index (χ0n) is 9.34. The van der Waals surface area contributed by atoms with Crippen molar-refractivity contribution in [3.8, 4) is 11.4 Å². The van der Waals surface area contributed by atoms with Gasteiger partial charge in [0.25, 0.3) is 0 Å². The smallest absolute Gasteiger partial charge is 0.232 e. The van der Waals surface area contributed by atoms with E-state index in [4.69, 9.17) is 0 Å². The number of anilines is 1. The van der Waals surface area contributed by atoms with Crippen LogP contribution in [0.4, 0.5) is 5.69 Å². The van der Waals surface area contributed by atoms with Gasteiger partial charge in [-0.05, 0) is 31.2 Å². The molecule has 0 aliphatic carbocycles. The first-order valence-corrected chi connectivity index (χ1v) is 6.86. The van der Waals surface area contributed by atoms with E-state index in [-0.39, 0.29) is 5.75 Å². The van der Waals surface area contributed by atoms with Gasteiger partial charge in [-0.25, -0.2) is 13.4 Å². The van der Waals surface area contributed by atoms with Crippen LogP contribution in [0.2, 0.25) is 0 Å². The summed E-state index contributed by atoms with van der Waals surface area (Å²) in [5, 5.41) is 0. The Morgan fingerprint density at radius 1 is 1.29 bits per heavy atom. The number of aromatic nitrogens is 2. The van der Waals surface area contributed by atoms with Crippen LogP contribution in [0, 0.1) is 0 Å². The van der Waals surface area contributed by atoms with Crippen molar-refractivity contribution in [2.75, 3.05) is 10.5 Å². The lowest BCUT2D eigenvalue weighted by Crippen LogP contribution is -2.14. The summed E-state index contributed by atoms with van der Waals surface area (Å²) >= 11 is 0. The van der Waals surface area contributed by atoms with Gasteiger partial charge in [-0.3, -0.25) is 4.72 Å². The van der Waals surface area contributed by atoms with Crippen molar-refractivity contribution in [1.29, 1.82) is 0 Å². The highest BCUT2D eigenvalue weighted by atomic mass is 32.2. The molecule has 0 amide bonds. The predicted molar refractivity (Wildman–Crippen MR) is 67.1 cm³/mol. The van der Waals surface area contributed by atoms with Gasteiger partial charge >= 0.3 is 0 Å². The largest absolute Gasteiger partial charge is 0.345 e. The van der Waals surface area contributed by atoms with Crippen LogP contribution in [0.3, 0.4) is 0 Å². The van der Waals surface area contributed by atoms with Crippen LogP contribution in [-0.2, 0) is 10.0 Å². The highest BCUT2D eigenvalue weighted by Gasteiger charge is 2.06. The number of aromatic amines is 1. The van der Waals surface area contributed by atoms with Crippen LogP contribution >= 0.6 is 0 Å². The third kappa shape index (κ3) is 2.85. The molecule has 2 N–H and O–H groups in total. The van der Waals surface area contributed by atoms with Crippen LogP contribution in [0.15, 0.2) is 36.7 Å². The second-order valence-electron chi connectivity index (χ2n) is 3.52. The maximum atomic E-state index is 11.4. The maximum Gasteiger partial charge on any atom is 0.232 e. The topological polar surface area (TPSA) is 74.8 Å². The van der Waals surface area contributed by atoms with Crippen LogP contribution in [0.1, 0.15) is 6.92 Å². The number of rotatable bonds is 4. The number of sulfonamides is 1. The van der Waals surface area contributed by atoms with Gasteiger partial charge in [0.2, 0.25) is 10.0 Å². The Kier molecular flexibility index (Phi) is 3.14. The first kappa shape index (κ1) is 11.7. The van der Waals surface area contributed by atoms with Crippen molar-refractivity contribution in [2.24, 2.45) is 0 Å². The molecule has 0 unspecified atom stereocenters. The fourth-order valence-corrected chi connectivity index (χ4v) is 2.01. The predicted octanol–water partition coefficient (Wildman–Crippen LogP) is 1.84. The zero-order valence-corrected chi connectivity index (χ0v) is 10.2. The third-order valence-corrected chi connectivity index (χ3v) is 3.62. The lowest BCUT2D eigenvalue weighted by atomic mass is 10.2. The molecule has 0 spiro atoms. The monoisotopic (exact) mass is 251 g/mol. The van der Waals surface area contributed by atoms with E-state index in [1.807, 2.05) is 12.1 Å². The molecule has 2 aromatic rings. The molecule has 0 aliphatic rings. The summed E-state index contributed by atoms with van der Waals surface area (Å²) in [5.74, 6) is 0.822. The number of nitrogens with zero attached hydrogens (tertiary/aromatic N) is 1. The summed E-state index contributed by atoms with van der Waals surface area (Å²) in [6.07, 6.45) is 3.41. The van der Waals surface area contributed by atoms with Gasteiger partial charge in [-0.2, -0.15) is 0 Å². The average Bonchev–Trinajstić information content (AvgIpc) is 2.83. The number of hydrogen-bond acceptors (Lipinski definition) is 3. The van der Waals surface area contributed by atoms with E-state index in [0.29, 0.717) is 5.69 Å². The number of nitrogens with one attached hydrogen (secondary N) is 2. The average molecular weight is 251 g/mol. The van der Waals surface area contributed by atoms with Gasteiger partial charge in [0.15, 0.2) is 0 Å². The Bertz CT molecular complexity index is 574. The fourth-order valence-electron chi connectivity index (χ4n) is 1.37. The molecule has 0 fully saturated rings. The first-order chi connectivity index (χ1) is 8.11. The van der Waals surface area contributed by atoms with E-state index in [9.17, 15) is 8.42 Å². The zero-order chi connectivity index (χ0) is 12.3. The summed E-state index contributed by atoms with van der Waals surface area (Å²) in [4.78, 5) is 7.10. The van der Waals surface area contributed by atoms with Crippen LogP contribution in [-0.4, -0.2) is 24.1 Å². The summed E-state index contributed by atoms with van der Waals surface area (Å²) in [6.45, 7) is 1.60. The lowest BCUT2D eigenvalue weighted by Gasteiger charge is -2.06. The molecule has 6 heteroatoms. The second kappa shape index (κ2) is 4.58. The van der Waals surface area contributed by atoms with Gasteiger partial charge in [0, 0.05) is 23.6 Å². The van der Waals surface area contributed by atoms with Gasteiger partial charge in [-0.1, -0.05) is 0 Å². The minimum atomic E-state index is -3.21. The standard InChI is InChI=1S/C11H13N3O2S/c1-2-17(15,16)14-10-5-3-9(4-6-10)11-12-7-8-13-11/h3-8,14H,2H2,1H3,(H,12,13). The summed E-state index contributed by atoms with van der Waals surface area (Å²) in [6, 6.07) is 7.05. The number of H-pyrrole nitrogens is 1. The minimum absolute atomic E-state index is 0.0624. The maximum absolute atomic E-state index is 11.4. The molecule has 90 valence electrons. The summed E-state index contributed by atoms with van der Waals surface area (Å²) in [7, 11) is -3.21. The fraction of sp³-hybridized carbons (Fsp3) is 0.182. The van der Waals surface area contributed by atoms with Gasteiger partial charge in [-0.15, -0.1) is 0 Å². The molecule has 5 nitrogen and oxygen atoms in total. The third-order valence-electron chi connectivity index (χ3n) is 2.31. The molecule has 0 aliphatic heterocycles. The Morgan fingerprint density at radius 2 is 2.00 bits per heavy atom. The SMILES string of the molecule is CCS(=O)(=O)Nc1ccc(-c2ncc[nH]2)cc1. The molecule has 0 bridgehead atoms. The van der Waals surface area contributed by atoms with E-state index in [2.05, 4.69) is 14.7 Å². The van der Waals surface area contributed by atoms with Crippen LogP contribution in [0.5, 0.6) is 0 Å². The van der Waals surface area contributed by atoms with Gasteiger partial charge in [0.1, 0.15) is 5.82 Å². The van der Waals surface area contributed by atoms with Crippen molar-refractivity contribution in [3.05, 3.63) is 36.7 Å². The molecular formula is C11H13N3O2S. The Hall–Kier alpha value is -1.82. The molecule has 1 aromatic carbocycles. The van der Waals surface area contributed by atoms with E-state index >= 15 is 0 Å². The Labute approximate surface area is 100.0 Å². The molecule has 1 heterocycles. The van der Waals surface area contributed by atoms with Gasteiger partial charge < -0.3 is 4.98 Å². The van der Waals surface area contributed by atoms with E-state index < -0.39 is 10.0 Å². The van der Waals surface area contributed by atoms with E-state index in [1.54, 1.807) is 31.5 Å². The molecule has 0 radical (unpaired) electrons. The molecular weight excluding hydrogens is 238 g/mol. The number of hydrogen-bond donors (Lipinski definition) is 2. The normalized spacial score (nSPS) is 11.4. The number of benzene rings is 1. The first-order valence-electron chi connectivity index (χ1n) is 5.21. The molecule has 2 rings (SSSR count). The number of imidazole rings is 1. The summed E-state index contributed by atoms with van der Waals surface area (Å²) < 4.78 is 25.2. The molecule has 0 atom stereocenters. The van der Waals surface area contributed by atoms with E-state index in [0.717, 1.165) is 11.4 Å². The molecule has 0 saturated heterocycles. The Balaban J connectivity index is 2.19. The highest BCUT2D eigenvalue weighted by Crippen LogP contribution is 2.18. The second-order valence-corrected chi connectivity index (χ2v) is 5.53. The molecule has 0 saturated carbocycles. The van der Waals surface area contributed by atoms with Crippen molar-refractivity contribution >= 4 is 15.7 Å². The molecule has 1 aromatic heterocycles. The van der Waals surface area contributed by atoms with Crippen molar-refractivity contribution in [3.63, 3.8) is 0 Å². The molecule has 17 heavy (non-hydrogen) atoms. The van der Waals surface area contributed by atoms with Crippen molar-refractivity contribution < 1.29 is 8.42 Å². The lowest BCUT2D eigenvalue weighted by molar-refractivity contribution is 0.602. The van der Waals surface area contributed by atoms with Crippen molar-refractivity contribution in [1.82, 2.24) is 9.97 Å². The van der Waals surface area contributed by atoms with Crippen molar-refractivity contribution in [2.45, 2.75) is 6.92 Å². The summed E-state index contributed by atoms with van der Waals surface area (Å²) in [5.41, 5.74) is 1.47.